The molecular formula is C12H12ClNO2S2. The highest BCUT2D eigenvalue weighted by Gasteiger charge is 2.19. The number of nitrogens with one attached hydrogen (secondary N) is 1. The normalized spacial score (nSPS) is 13.4. The van der Waals surface area contributed by atoms with E-state index in [2.05, 4.69) is 4.72 Å². The van der Waals surface area contributed by atoms with Gasteiger partial charge in [-0.15, -0.1) is 11.3 Å². The van der Waals surface area contributed by atoms with Crippen LogP contribution in [0.1, 0.15) is 18.5 Å². The van der Waals surface area contributed by atoms with Crippen molar-refractivity contribution in [2.75, 3.05) is 0 Å². The lowest BCUT2D eigenvalue weighted by atomic mass is 10.1. The monoisotopic (exact) mass is 301 g/mol. The van der Waals surface area contributed by atoms with Crippen molar-refractivity contribution < 1.29 is 8.42 Å². The molecular weight excluding hydrogens is 290 g/mol. The molecule has 1 heterocycles. The van der Waals surface area contributed by atoms with Gasteiger partial charge >= 0.3 is 0 Å². The minimum absolute atomic E-state index is 0.316. The molecule has 0 aliphatic rings. The predicted octanol–water partition coefficient (Wildman–Crippen LogP) is 3.44. The van der Waals surface area contributed by atoms with E-state index in [1.807, 2.05) is 6.07 Å². The number of benzene rings is 1. The molecule has 0 spiro atoms. The van der Waals surface area contributed by atoms with Crippen LogP contribution in [0.25, 0.3) is 0 Å². The second-order valence-electron chi connectivity index (χ2n) is 3.83. The minimum Gasteiger partial charge on any atom is -0.206 e. The van der Waals surface area contributed by atoms with Gasteiger partial charge in [0, 0.05) is 11.1 Å². The Morgan fingerprint density at radius 3 is 2.67 bits per heavy atom. The molecule has 1 N–H and O–H groups in total. The summed E-state index contributed by atoms with van der Waals surface area (Å²) in [5, 5.41) is 2.33. The molecule has 3 nitrogen and oxygen atoms in total. The zero-order valence-corrected chi connectivity index (χ0v) is 12.0. The number of sulfonamides is 1. The lowest BCUT2D eigenvalue weighted by molar-refractivity contribution is 0.569. The van der Waals surface area contributed by atoms with E-state index in [1.165, 1.54) is 11.3 Å². The van der Waals surface area contributed by atoms with Crippen molar-refractivity contribution in [3.8, 4) is 0 Å². The van der Waals surface area contributed by atoms with E-state index in [0.29, 0.717) is 9.23 Å². The summed E-state index contributed by atoms with van der Waals surface area (Å²) in [6.45, 7) is 1.79. The summed E-state index contributed by atoms with van der Waals surface area (Å²) in [7, 11) is -3.45. The number of halogens is 1. The van der Waals surface area contributed by atoms with Gasteiger partial charge < -0.3 is 0 Å². The van der Waals surface area contributed by atoms with Gasteiger partial charge in [0.25, 0.3) is 10.0 Å². The largest absolute Gasteiger partial charge is 0.250 e. The number of rotatable bonds is 4. The predicted molar refractivity (Wildman–Crippen MR) is 74.5 cm³/mol. The molecule has 0 fully saturated rings. The third-order valence-electron chi connectivity index (χ3n) is 2.44. The van der Waals surface area contributed by atoms with E-state index < -0.39 is 10.0 Å². The topological polar surface area (TPSA) is 46.2 Å². The molecule has 2 rings (SSSR count). The molecule has 0 amide bonds. The maximum atomic E-state index is 12.0. The first-order valence-electron chi connectivity index (χ1n) is 5.30. The van der Waals surface area contributed by atoms with Crippen LogP contribution in [-0.4, -0.2) is 8.42 Å². The third-order valence-corrected chi connectivity index (χ3v) is 5.61. The highest BCUT2D eigenvalue weighted by Crippen LogP contribution is 2.21. The van der Waals surface area contributed by atoms with Crippen molar-refractivity contribution in [1.82, 2.24) is 4.72 Å². The molecule has 2 aromatic rings. The summed E-state index contributed by atoms with van der Waals surface area (Å²) in [5.74, 6) is 0. The Labute approximate surface area is 115 Å². The Balaban J connectivity index is 2.20. The van der Waals surface area contributed by atoms with Crippen LogP contribution in [-0.2, 0) is 10.0 Å². The van der Waals surface area contributed by atoms with Gasteiger partial charge in [-0.3, -0.25) is 0 Å². The van der Waals surface area contributed by atoms with Crippen LogP contribution in [0.2, 0.25) is 5.02 Å². The Kier molecular flexibility index (Phi) is 4.07. The van der Waals surface area contributed by atoms with Crippen molar-refractivity contribution in [3.63, 3.8) is 0 Å². The van der Waals surface area contributed by atoms with Gasteiger partial charge in [0.2, 0.25) is 0 Å². The Bertz CT molecular complexity index is 623. The van der Waals surface area contributed by atoms with E-state index in [0.717, 1.165) is 5.56 Å². The molecule has 1 atom stereocenters. The van der Waals surface area contributed by atoms with Gasteiger partial charge in [-0.05, 0) is 36.1 Å². The van der Waals surface area contributed by atoms with Gasteiger partial charge in [0.1, 0.15) is 4.21 Å². The molecule has 1 aromatic carbocycles. The highest BCUT2D eigenvalue weighted by atomic mass is 35.5. The van der Waals surface area contributed by atoms with Crippen LogP contribution in [0.15, 0.2) is 46.0 Å². The summed E-state index contributed by atoms with van der Waals surface area (Å²) in [4.78, 5) is 0. The lowest BCUT2D eigenvalue weighted by Gasteiger charge is -2.14. The second-order valence-corrected chi connectivity index (χ2v) is 7.16. The van der Waals surface area contributed by atoms with Crippen molar-refractivity contribution >= 4 is 33.0 Å². The summed E-state index contributed by atoms with van der Waals surface area (Å²) in [6, 6.07) is 10.1. The smallest absolute Gasteiger partial charge is 0.206 e. The van der Waals surface area contributed by atoms with E-state index in [4.69, 9.17) is 11.6 Å². The van der Waals surface area contributed by atoms with Gasteiger partial charge in [-0.1, -0.05) is 29.8 Å². The minimum atomic E-state index is -3.45. The molecule has 0 aliphatic carbocycles. The van der Waals surface area contributed by atoms with Crippen molar-refractivity contribution in [2.45, 2.75) is 17.2 Å². The summed E-state index contributed by atoms with van der Waals surface area (Å²) >= 11 is 7.08. The molecule has 0 saturated heterocycles. The van der Waals surface area contributed by atoms with Crippen LogP contribution in [0, 0.1) is 0 Å². The maximum absolute atomic E-state index is 12.0. The van der Waals surface area contributed by atoms with Crippen molar-refractivity contribution in [1.29, 1.82) is 0 Å². The highest BCUT2D eigenvalue weighted by molar-refractivity contribution is 7.91. The molecule has 0 radical (unpaired) electrons. The zero-order valence-electron chi connectivity index (χ0n) is 9.63. The van der Waals surface area contributed by atoms with Crippen LogP contribution >= 0.6 is 22.9 Å². The zero-order chi connectivity index (χ0) is 13.2. The molecule has 96 valence electrons. The summed E-state index contributed by atoms with van der Waals surface area (Å²) in [6.07, 6.45) is 0. The lowest BCUT2D eigenvalue weighted by Crippen LogP contribution is -2.26. The molecule has 0 unspecified atom stereocenters. The van der Waals surface area contributed by atoms with E-state index in [-0.39, 0.29) is 6.04 Å². The number of hydrogen-bond donors (Lipinski definition) is 1. The Hall–Kier alpha value is -0.880. The molecule has 18 heavy (non-hydrogen) atoms. The standard InChI is InChI=1S/C12H12ClNO2S2/c1-9(10-4-2-5-11(13)8-10)14-18(15,16)12-6-3-7-17-12/h2-9,14H,1H3/t9-/m1/s1. The average molecular weight is 302 g/mol. The summed E-state index contributed by atoms with van der Waals surface area (Å²) < 4.78 is 27.0. The Morgan fingerprint density at radius 2 is 2.06 bits per heavy atom. The van der Waals surface area contributed by atoms with Gasteiger partial charge in [-0.25, -0.2) is 13.1 Å². The molecule has 0 bridgehead atoms. The second kappa shape index (κ2) is 5.40. The van der Waals surface area contributed by atoms with E-state index in [1.54, 1.807) is 42.6 Å². The molecule has 0 saturated carbocycles. The maximum Gasteiger partial charge on any atom is 0.250 e. The first-order chi connectivity index (χ1) is 8.49. The van der Waals surface area contributed by atoms with Crippen molar-refractivity contribution in [3.05, 3.63) is 52.4 Å². The first kappa shape index (κ1) is 13.5. The summed E-state index contributed by atoms with van der Waals surface area (Å²) in [5.41, 5.74) is 0.836. The third kappa shape index (κ3) is 3.11. The van der Waals surface area contributed by atoms with E-state index in [9.17, 15) is 8.42 Å². The van der Waals surface area contributed by atoms with Crippen LogP contribution in [0.4, 0.5) is 0 Å². The van der Waals surface area contributed by atoms with Gasteiger partial charge in [-0.2, -0.15) is 0 Å². The number of thiophene rings is 1. The average Bonchev–Trinajstić information content (AvgIpc) is 2.82. The van der Waals surface area contributed by atoms with Gasteiger partial charge in [0.15, 0.2) is 0 Å². The fraction of sp³-hybridized carbons (Fsp3) is 0.167. The van der Waals surface area contributed by atoms with Gasteiger partial charge in [0.05, 0.1) is 0 Å². The molecule has 1 aromatic heterocycles. The quantitative estimate of drug-likeness (QED) is 0.940. The van der Waals surface area contributed by atoms with Crippen LogP contribution in [0.5, 0.6) is 0 Å². The van der Waals surface area contributed by atoms with E-state index >= 15 is 0 Å². The van der Waals surface area contributed by atoms with Crippen LogP contribution in [0.3, 0.4) is 0 Å². The SMILES string of the molecule is C[C@@H](NS(=O)(=O)c1cccs1)c1cccc(Cl)c1. The van der Waals surface area contributed by atoms with Crippen molar-refractivity contribution in [2.24, 2.45) is 0 Å². The molecule has 0 aliphatic heterocycles. The first-order valence-corrected chi connectivity index (χ1v) is 8.04. The fourth-order valence-corrected chi connectivity index (χ4v) is 3.99. The molecule has 6 heteroatoms. The number of hydrogen-bond acceptors (Lipinski definition) is 3. The fourth-order valence-electron chi connectivity index (χ4n) is 1.55. The Morgan fingerprint density at radius 1 is 1.28 bits per heavy atom. The van der Waals surface area contributed by atoms with Crippen LogP contribution < -0.4 is 4.72 Å².